The molecule has 0 unspecified atom stereocenters. The maximum atomic E-state index is 5.80. The molecule has 0 saturated heterocycles. The molecule has 0 heterocycles. The molecule has 1 aromatic carbocycles. The van der Waals surface area contributed by atoms with E-state index in [-0.39, 0.29) is 11.9 Å². The lowest BCUT2D eigenvalue weighted by atomic mass is 10.2. The van der Waals surface area contributed by atoms with Crippen molar-refractivity contribution >= 4 is 23.5 Å². The minimum atomic E-state index is -0.109. The highest BCUT2D eigenvalue weighted by atomic mass is 35.5. The van der Waals surface area contributed by atoms with Crippen LogP contribution in [0.15, 0.2) is 34.3 Å². The van der Waals surface area contributed by atoms with Crippen LogP contribution in [0.1, 0.15) is 5.56 Å². The van der Waals surface area contributed by atoms with Crippen molar-refractivity contribution in [2.75, 3.05) is 0 Å². The van der Waals surface area contributed by atoms with Crippen molar-refractivity contribution in [2.24, 2.45) is 27.2 Å². The number of nitrogens with zero attached hydrogens (tertiary/aromatic N) is 2. The van der Waals surface area contributed by atoms with E-state index in [0.29, 0.717) is 11.6 Å². The van der Waals surface area contributed by atoms with Crippen LogP contribution in [-0.2, 0) is 6.54 Å². The molecular formula is C9H12ClN5. The number of rotatable bonds is 2. The van der Waals surface area contributed by atoms with E-state index in [1.54, 1.807) is 12.1 Å². The number of hydrogen-bond donors (Lipinski definition) is 3. The maximum Gasteiger partial charge on any atom is 0.218 e. The van der Waals surface area contributed by atoms with Crippen molar-refractivity contribution in [2.45, 2.75) is 6.54 Å². The Balaban J connectivity index is 2.68. The summed E-state index contributed by atoms with van der Waals surface area (Å²) in [4.78, 5) is 7.55. The fraction of sp³-hybridized carbons (Fsp3) is 0.111. The predicted molar refractivity (Wildman–Crippen MR) is 62.6 cm³/mol. The molecule has 0 saturated carbocycles. The second-order valence-electron chi connectivity index (χ2n) is 2.84. The molecule has 0 atom stereocenters. The Bertz CT molecular complexity index is 395. The normalized spacial score (nSPS) is 11.1. The number of guanidine groups is 2. The average molecular weight is 226 g/mol. The summed E-state index contributed by atoms with van der Waals surface area (Å²) in [5.41, 5.74) is 16.6. The Kier molecular flexibility index (Phi) is 3.93. The van der Waals surface area contributed by atoms with Gasteiger partial charge < -0.3 is 17.2 Å². The zero-order valence-corrected chi connectivity index (χ0v) is 8.78. The molecule has 0 spiro atoms. The van der Waals surface area contributed by atoms with Gasteiger partial charge in [-0.05, 0) is 17.7 Å². The van der Waals surface area contributed by atoms with Crippen molar-refractivity contribution in [3.8, 4) is 0 Å². The molecule has 0 fully saturated rings. The average Bonchev–Trinajstić information content (AvgIpc) is 2.14. The van der Waals surface area contributed by atoms with E-state index >= 15 is 0 Å². The van der Waals surface area contributed by atoms with Crippen molar-refractivity contribution < 1.29 is 0 Å². The molecule has 1 aromatic rings. The first kappa shape index (κ1) is 11.3. The van der Waals surface area contributed by atoms with Crippen molar-refractivity contribution in [1.29, 1.82) is 0 Å². The van der Waals surface area contributed by atoms with E-state index in [1.807, 2.05) is 12.1 Å². The van der Waals surface area contributed by atoms with Gasteiger partial charge in [-0.1, -0.05) is 23.7 Å². The zero-order valence-electron chi connectivity index (χ0n) is 8.02. The summed E-state index contributed by atoms with van der Waals surface area (Å²) in [7, 11) is 0. The molecule has 0 aliphatic heterocycles. The van der Waals surface area contributed by atoms with E-state index < -0.39 is 0 Å². The molecule has 1 rings (SSSR count). The van der Waals surface area contributed by atoms with E-state index in [9.17, 15) is 0 Å². The van der Waals surface area contributed by atoms with Crippen molar-refractivity contribution in [1.82, 2.24) is 0 Å². The molecule has 0 aliphatic carbocycles. The third-order valence-corrected chi connectivity index (χ3v) is 1.79. The quantitative estimate of drug-likeness (QED) is 0.502. The van der Waals surface area contributed by atoms with Crippen LogP contribution in [0.2, 0.25) is 5.02 Å². The van der Waals surface area contributed by atoms with Crippen molar-refractivity contribution in [3.05, 3.63) is 34.9 Å². The molecule has 0 radical (unpaired) electrons. The lowest BCUT2D eigenvalue weighted by Gasteiger charge is -1.98. The Labute approximate surface area is 92.6 Å². The Morgan fingerprint density at radius 1 is 1.27 bits per heavy atom. The fourth-order valence-electron chi connectivity index (χ4n) is 0.975. The SMILES string of the molecule is NC(N)=NC(N)=NCc1cccc(Cl)c1. The van der Waals surface area contributed by atoms with E-state index in [4.69, 9.17) is 28.8 Å². The molecule has 15 heavy (non-hydrogen) atoms. The van der Waals surface area contributed by atoms with Gasteiger partial charge in [0.25, 0.3) is 0 Å². The van der Waals surface area contributed by atoms with Crippen molar-refractivity contribution in [3.63, 3.8) is 0 Å². The summed E-state index contributed by atoms with van der Waals surface area (Å²) >= 11 is 5.80. The number of halogens is 1. The van der Waals surface area contributed by atoms with Crippen LogP contribution >= 0.6 is 11.6 Å². The fourth-order valence-corrected chi connectivity index (χ4v) is 1.19. The first-order valence-corrected chi connectivity index (χ1v) is 4.59. The molecule has 0 bridgehead atoms. The largest absolute Gasteiger partial charge is 0.370 e. The Hall–Kier alpha value is -1.75. The van der Waals surface area contributed by atoms with Gasteiger partial charge in [0.1, 0.15) is 0 Å². The Morgan fingerprint density at radius 2 is 2.00 bits per heavy atom. The third-order valence-electron chi connectivity index (χ3n) is 1.56. The summed E-state index contributed by atoms with van der Waals surface area (Å²) in [6, 6.07) is 7.31. The Morgan fingerprint density at radius 3 is 2.60 bits per heavy atom. The second-order valence-corrected chi connectivity index (χ2v) is 3.28. The van der Waals surface area contributed by atoms with Gasteiger partial charge >= 0.3 is 0 Å². The van der Waals surface area contributed by atoms with Crippen LogP contribution in [-0.4, -0.2) is 11.9 Å². The monoisotopic (exact) mass is 225 g/mol. The van der Waals surface area contributed by atoms with Gasteiger partial charge in [-0.2, -0.15) is 4.99 Å². The predicted octanol–water partition coefficient (Wildman–Crippen LogP) is 0.428. The van der Waals surface area contributed by atoms with Crippen LogP contribution in [0.5, 0.6) is 0 Å². The van der Waals surface area contributed by atoms with Crippen LogP contribution in [0.4, 0.5) is 0 Å². The minimum absolute atomic E-state index is 0.0509. The molecule has 0 aliphatic rings. The third kappa shape index (κ3) is 4.33. The van der Waals surface area contributed by atoms with Crippen LogP contribution in [0, 0.1) is 0 Å². The highest BCUT2D eigenvalue weighted by Gasteiger charge is 1.93. The van der Waals surface area contributed by atoms with E-state index in [1.165, 1.54) is 0 Å². The number of benzene rings is 1. The summed E-state index contributed by atoms with van der Waals surface area (Å²) in [6.07, 6.45) is 0. The van der Waals surface area contributed by atoms with Gasteiger partial charge in [-0.3, -0.25) is 0 Å². The minimum Gasteiger partial charge on any atom is -0.370 e. The second kappa shape index (κ2) is 5.21. The first-order chi connectivity index (χ1) is 7.08. The van der Waals surface area contributed by atoms with Gasteiger partial charge in [0.05, 0.1) is 6.54 Å². The lowest BCUT2D eigenvalue weighted by Crippen LogP contribution is -2.26. The summed E-state index contributed by atoms with van der Waals surface area (Å²) in [5.74, 6) is -0.0580. The van der Waals surface area contributed by atoms with Gasteiger partial charge in [-0.15, -0.1) is 0 Å². The smallest absolute Gasteiger partial charge is 0.218 e. The standard InChI is InChI=1S/C9H12ClN5/c10-7-3-1-2-6(4-7)5-14-9(13)15-8(11)12/h1-4H,5H2,(H6,11,12,13,14,15). The molecule has 5 nitrogen and oxygen atoms in total. The number of hydrogen-bond acceptors (Lipinski definition) is 1. The van der Waals surface area contributed by atoms with Gasteiger partial charge in [-0.25, -0.2) is 4.99 Å². The molecule has 80 valence electrons. The van der Waals surface area contributed by atoms with Crippen LogP contribution in [0.3, 0.4) is 0 Å². The van der Waals surface area contributed by atoms with E-state index in [0.717, 1.165) is 5.56 Å². The maximum absolute atomic E-state index is 5.80. The lowest BCUT2D eigenvalue weighted by molar-refractivity contribution is 1.05. The van der Waals surface area contributed by atoms with Crippen LogP contribution < -0.4 is 17.2 Å². The molecular weight excluding hydrogens is 214 g/mol. The topological polar surface area (TPSA) is 103 Å². The summed E-state index contributed by atoms with van der Waals surface area (Å²) in [5, 5.41) is 0.656. The van der Waals surface area contributed by atoms with Crippen LogP contribution in [0.25, 0.3) is 0 Å². The molecule has 6 heteroatoms. The molecule has 6 N–H and O–H groups in total. The van der Waals surface area contributed by atoms with E-state index in [2.05, 4.69) is 9.98 Å². The zero-order chi connectivity index (χ0) is 11.3. The first-order valence-electron chi connectivity index (χ1n) is 4.22. The van der Waals surface area contributed by atoms with Gasteiger partial charge in [0, 0.05) is 5.02 Å². The number of aliphatic imine (C=N–C) groups is 2. The molecule has 0 aromatic heterocycles. The van der Waals surface area contributed by atoms with Gasteiger partial charge in [0.2, 0.25) is 5.96 Å². The highest BCUT2D eigenvalue weighted by Crippen LogP contribution is 2.11. The molecule has 0 amide bonds. The van der Waals surface area contributed by atoms with Gasteiger partial charge in [0.15, 0.2) is 5.96 Å². The highest BCUT2D eigenvalue weighted by molar-refractivity contribution is 6.30. The summed E-state index contributed by atoms with van der Waals surface area (Å²) in [6.45, 7) is 0.392. The number of nitrogens with two attached hydrogens (primary N) is 3. The summed E-state index contributed by atoms with van der Waals surface area (Å²) < 4.78 is 0.